The van der Waals surface area contributed by atoms with Crippen molar-refractivity contribution in [2.45, 2.75) is 33.8 Å². The van der Waals surface area contributed by atoms with E-state index in [1.54, 1.807) is 73.7 Å². The Hall–Kier alpha value is -5.47. The largest absolute Gasteiger partial charge is 0.493 e. The second kappa shape index (κ2) is 14.7. The van der Waals surface area contributed by atoms with E-state index in [9.17, 15) is 23.6 Å². The zero-order chi connectivity index (χ0) is 34.3. The molecule has 0 aliphatic rings. The molecule has 0 radical (unpaired) electrons. The number of aryl methyl sites for hydroxylation is 1. The number of aromatic nitrogens is 1. The van der Waals surface area contributed by atoms with Crippen molar-refractivity contribution >= 4 is 49.9 Å². The number of nitrogens with zero attached hydrogens (tertiary/aromatic N) is 2. The molecule has 0 bridgehead atoms. The lowest BCUT2D eigenvalue weighted by atomic mass is 9.94. The molecule has 5 aromatic rings. The number of halogens is 1. The fourth-order valence-corrected chi connectivity index (χ4v) is 4.83. The number of pyridine rings is 1. The van der Waals surface area contributed by atoms with E-state index in [-0.39, 0.29) is 46.6 Å². The fraction of sp³-hybridized carbons (Fsp3) is 0.182. The van der Waals surface area contributed by atoms with Crippen molar-refractivity contribution in [1.82, 2.24) is 4.98 Å². The number of hydrogen-bond acceptors (Lipinski definition) is 10. The van der Waals surface area contributed by atoms with E-state index in [0.717, 1.165) is 11.1 Å². The average molecular weight is 665 g/mol. The number of fused-ring (bicyclic) bond motifs is 2. The summed E-state index contributed by atoms with van der Waals surface area (Å²) in [5.41, 5.74) is 1.10. The molecule has 4 aromatic carbocycles. The van der Waals surface area contributed by atoms with Gasteiger partial charge in [0.05, 0.1) is 28.0 Å². The van der Waals surface area contributed by atoms with E-state index in [0.29, 0.717) is 23.1 Å². The van der Waals surface area contributed by atoms with Gasteiger partial charge in [-0.15, -0.1) is 0 Å². The zero-order valence-corrected chi connectivity index (χ0v) is 26.2. The first kappa shape index (κ1) is 34.4. The Bertz CT molecular complexity index is 2060. The Balaban J connectivity index is 0.000000930. The zero-order valence-electron chi connectivity index (χ0n) is 25.4. The Kier molecular flexibility index (Phi) is 10.8. The molecule has 1 heterocycles. The summed E-state index contributed by atoms with van der Waals surface area (Å²) in [7, 11) is -5.17. The molecule has 0 atom stereocenters. The van der Waals surface area contributed by atoms with Gasteiger partial charge in [-0.2, -0.15) is 8.42 Å². The molecular formula is C33H29FN2O10S. The van der Waals surface area contributed by atoms with Crippen LogP contribution in [0.4, 0.5) is 9.57 Å². The minimum atomic E-state index is -5.17. The third kappa shape index (κ3) is 8.42. The molecule has 1 N–H and O–H groups in total. The van der Waals surface area contributed by atoms with E-state index in [2.05, 4.69) is 4.98 Å². The standard InChI is InChI=1S/C33H28N2O7.FHO3S/c1-4-17-40-31-21(3)26(32(36)41-19-22-11-7-5-8-12-22)30(35(38)39)29-28(31)27(24-16-15-20(2)18-25(24)34-29)33(37)42-23-13-9-6-10-14-23;1-5(2,3)4/h5-16,18H,4,17,19H2,1-3H3;(H,2,3,4). The van der Waals surface area contributed by atoms with E-state index in [1.165, 1.54) is 0 Å². The molecule has 244 valence electrons. The average Bonchev–Trinajstić information content (AvgIpc) is 3.01. The number of para-hydroxylation sites is 1. The third-order valence-electron chi connectivity index (χ3n) is 6.75. The minimum Gasteiger partial charge on any atom is -0.493 e. The van der Waals surface area contributed by atoms with Crippen molar-refractivity contribution in [2.75, 3.05) is 6.61 Å². The van der Waals surface area contributed by atoms with Gasteiger partial charge in [0.1, 0.15) is 23.7 Å². The second-order valence-corrected chi connectivity index (χ2v) is 11.0. The van der Waals surface area contributed by atoms with Gasteiger partial charge in [0.25, 0.3) is 0 Å². The molecule has 0 amide bonds. The van der Waals surface area contributed by atoms with Crippen LogP contribution < -0.4 is 9.47 Å². The Morgan fingerprint density at radius 2 is 1.57 bits per heavy atom. The molecule has 0 aliphatic carbocycles. The van der Waals surface area contributed by atoms with Gasteiger partial charge in [-0.25, -0.2) is 14.6 Å². The Morgan fingerprint density at radius 3 is 2.17 bits per heavy atom. The number of nitro benzene ring substituents is 1. The van der Waals surface area contributed by atoms with Crippen LogP contribution in [0.2, 0.25) is 0 Å². The fourth-order valence-electron chi connectivity index (χ4n) is 4.83. The minimum absolute atomic E-state index is 0.0559. The van der Waals surface area contributed by atoms with Crippen LogP contribution in [-0.2, 0) is 21.8 Å². The summed E-state index contributed by atoms with van der Waals surface area (Å²) in [6, 6.07) is 22.8. The first-order valence-electron chi connectivity index (χ1n) is 14.1. The van der Waals surface area contributed by atoms with Crippen molar-refractivity contribution in [3.8, 4) is 11.5 Å². The summed E-state index contributed by atoms with van der Waals surface area (Å²) < 4.78 is 51.5. The number of carbonyl (C=O) groups is 2. The first-order chi connectivity index (χ1) is 22.3. The van der Waals surface area contributed by atoms with Gasteiger partial charge in [-0.1, -0.05) is 71.5 Å². The van der Waals surface area contributed by atoms with Gasteiger partial charge >= 0.3 is 28.1 Å². The number of carbonyl (C=O) groups excluding carboxylic acids is 2. The van der Waals surface area contributed by atoms with Gasteiger partial charge in [0.2, 0.25) is 0 Å². The monoisotopic (exact) mass is 664 g/mol. The molecule has 0 saturated heterocycles. The number of nitro groups is 1. The SMILES string of the molecule is CCCOc1c(C)c(C(=O)OCc2ccccc2)c([N+](=O)[O-])c2nc3cc(C)ccc3c(C(=O)Oc3ccccc3)c12.O=S(=O)(O)F. The molecule has 0 aliphatic heterocycles. The number of hydrogen-bond donors (Lipinski definition) is 1. The van der Waals surface area contributed by atoms with Gasteiger partial charge in [0, 0.05) is 10.9 Å². The first-order valence-corrected chi connectivity index (χ1v) is 15.5. The van der Waals surface area contributed by atoms with Crippen LogP contribution in [0.5, 0.6) is 11.5 Å². The topological polar surface area (TPSA) is 172 Å². The molecule has 0 spiro atoms. The van der Waals surface area contributed by atoms with Gasteiger partial charge in [-0.05, 0) is 49.6 Å². The van der Waals surface area contributed by atoms with E-state index in [4.69, 9.17) is 27.2 Å². The van der Waals surface area contributed by atoms with Gasteiger partial charge in [0.15, 0.2) is 5.52 Å². The summed E-state index contributed by atoms with van der Waals surface area (Å²) in [4.78, 5) is 44.0. The quantitative estimate of drug-likeness (QED) is 0.0326. The lowest BCUT2D eigenvalue weighted by Crippen LogP contribution is -2.16. The lowest BCUT2D eigenvalue weighted by molar-refractivity contribution is -0.383. The highest BCUT2D eigenvalue weighted by molar-refractivity contribution is 7.80. The number of esters is 2. The van der Waals surface area contributed by atoms with E-state index < -0.39 is 33.1 Å². The second-order valence-electron chi connectivity index (χ2n) is 10.2. The molecule has 5 rings (SSSR count). The Morgan fingerprint density at radius 1 is 0.957 bits per heavy atom. The van der Waals surface area contributed by atoms with Crippen LogP contribution in [0.15, 0.2) is 78.9 Å². The smallest absolute Gasteiger partial charge is 0.435 e. The maximum Gasteiger partial charge on any atom is 0.435 e. The van der Waals surface area contributed by atoms with Crippen molar-refractivity contribution in [2.24, 2.45) is 0 Å². The van der Waals surface area contributed by atoms with Crippen molar-refractivity contribution in [3.63, 3.8) is 0 Å². The third-order valence-corrected chi connectivity index (χ3v) is 6.75. The number of ether oxygens (including phenoxy) is 3. The summed E-state index contributed by atoms with van der Waals surface area (Å²) in [5, 5.41) is 13.2. The van der Waals surface area contributed by atoms with Crippen LogP contribution >= 0.6 is 0 Å². The van der Waals surface area contributed by atoms with Crippen LogP contribution in [0.3, 0.4) is 0 Å². The molecule has 0 fully saturated rings. The molecular weight excluding hydrogens is 635 g/mol. The van der Waals surface area contributed by atoms with E-state index in [1.807, 2.05) is 26.0 Å². The maximum absolute atomic E-state index is 13.9. The predicted octanol–water partition coefficient (Wildman–Crippen LogP) is 7.04. The van der Waals surface area contributed by atoms with Crippen LogP contribution in [0, 0.1) is 24.0 Å². The Labute approximate surface area is 268 Å². The highest BCUT2D eigenvalue weighted by Gasteiger charge is 2.35. The summed E-state index contributed by atoms with van der Waals surface area (Å²) >= 11 is 0. The molecule has 0 saturated carbocycles. The van der Waals surface area contributed by atoms with Crippen LogP contribution in [0.25, 0.3) is 21.8 Å². The van der Waals surface area contributed by atoms with Crippen molar-refractivity contribution in [3.05, 3.63) is 117 Å². The summed E-state index contributed by atoms with van der Waals surface area (Å²) in [6.07, 6.45) is 0.607. The molecule has 12 nitrogen and oxygen atoms in total. The van der Waals surface area contributed by atoms with Crippen LogP contribution in [0.1, 0.15) is 50.8 Å². The van der Waals surface area contributed by atoms with Crippen molar-refractivity contribution < 1.29 is 45.6 Å². The summed E-state index contributed by atoms with van der Waals surface area (Å²) in [5.74, 6) is -1.20. The van der Waals surface area contributed by atoms with Crippen LogP contribution in [-0.4, -0.2) is 41.4 Å². The van der Waals surface area contributed by atoms with E-state index >= 15 is 0 Å². The molecule has 47 heavy (non-hydrogen) atoms. The molecule has 14 heteroatoms. The highest BCUT2D eigenvalue weighted by Crippen LogP contribution is 2.44. The normalized spacial score (nSPS) is 11.0. The molecule has 1 aromatic heterocycles. The van der Waals surface area contributed by atoms with Gasteiger partial charge in [-0.3, -0.25) is 14.7 Å². The molecule has 0 unspecified atom stereocenters. The maximum atomic E-state index is 13.9. The van der Waals surface area contributed by atoms with Gasteiger partial charge < -0.3 is 14.2 Å². The predicted molar refractivity (Wildman–Crippen MR) is 171 cm³/mol. The number of benzene rings is 4. The highest BCUT2D eigenvalue weighted by atomic mass is 32.3. The summed E-state index contributed by atoms with van der Waals surface area (Å²) in [6.45, 7) is 5.43. The lowest BCUT2D eigenvalue weighted by Gasteiger charge is -2.19. The van der Waals surface area contributed by atoms with Crippen molar-refractivity contribution in [1.29, 1.82) is 0 Å². The number of rotatable bonds is 9.